The molecule has 150 valence electrons. The van der Waals surface area contributed by atoms with Gasteiger partial charge in [0.15, 0.2) is 11.5 Å². The van der Waals surface area contributed by atoms with E-state index >= 15 is 0 Å². The van der Waals surface area contributed by atoms with Crippen molar-refractivity contribution in [2.45, 2.75) is 26.8 Å². The fourth-order valence-electron chi connectivity index (χ4n) is 3.49. The van der Waals surface area contributed by atoms with Crippen LogP contribution in [-0.2, 0) is 0 Å². The highest BCUT2D eigenvalue weighted by atomic mass is 19.1. The number of hydrogen-bond donors (Lipinski definition) is 1. The van der Waals surface area contributed by atoms with Crippen molar-refractivity contribution in [2.24, 2.45) is 0 Å². The molecule has 1 amide bonds. The number of rotatable bonds is 4. The van der Waals surface area contributed by atoms with Gasteiger partial charge in [-0.1, -0.05) is 6.07 Å². The molecule has 0 fully saturated rings. The van der Waals surface area contributed by atoms with Gasteiger partial charge in [0.25, 0.3) is 5.91 Å². The minimum Gasteiger partial charge on any atom is -0.486 e. The van der Waals surface area contributed by atoms with Crippen molar-refractivity contribution in [3.05, 3.63) is 70.8 Å². The minimum absolute atomic E-state index is 0.212. The van der Waals surface area contributed by atoms with Crippen molar-refractivity contribution in [2.75, 3.05) is 13.2 Å². The summed E-state index contributed by atoms with van der Waals surface area (Å²) in [7, 11) is 0. The maximum atomic E-state index is 13.2. The molecule has 0 radical (unpaired) electrons. The summed E-state index contributed by atoms with van der Waals surface area (Å²) in [6, 6.07) is 11.4. The molecular weight excluding hydrogens is 373 g/mol. The second-order valence-electron chi connectivity index (χ2n) is 7.03. The van der Waals surface area contributed by atoms with Crippen LogP contribution in [0.5, 0.6) is 11.5 Å². The summed E-state index contributed by atoms with van der Waals surface area (Å²) < 4.78 is 26.0. The van der Waals surface area contributed by atoms with E-state index in [4.69, 9.17) is 9.47 Å². The summed E-state index contributed by atoms with van der Waals surface area (Å²) >= 11 is 0. The first-order valence-corrected chi connectivity index (χ1v) is 9.46. The molecule has 1 atom stereocenters. The molecule has 0 aliphatic carbocycles. The number of aromatic nitrogens is 2. The van der Waals surface area contributed by atoms with E-state index in [-0.39, 0.29) is 17.8 Å². The average Bonchev–Trinajstić information content (AvgIpc) is 3.02. The van der Waals surface area contributed by atoms with Crippen molar-refractivity contribution in [3.8, 4) is 17.2 Å². The van der Waals surface area contributed by atoms with E-state index in [9.17, 15) is 9.18 Å². The lowest BCUT2D eigenvalue weighted by atomic mass is 10.1. The quantitative estimate of drug-likeness (QED) is 0.728. The molecule has 0 bridgehead atoms. The van der Waals surface area contributed by atoms with Crippen LogP contribution in [0.1, 0.15) is 40.3 Å². The Balaban J connectivity index is 1.56. The molecule has 2 heterocycles. The molecule has 29 heavy (non-hydrogen) atoms. The molecular formula is C22H22FN3O3. The van der Waals surface area contributed by atoms with E-state index < -0.39 is 0 Å². The smallest absolute Gasteiger partial charge is 0.255 e. The van der Waals surface area contributed by atoms with Gasteiger partial charge in [0.2, 0.25) is 0 Å². The molecule has 2 aromatic carbocycles. The van der Waals surface area contributed by atoms with Crippen LogP contribution >= 0.6 is 0 Å². The Hall–Kier alpha value is -3.35. The average molecular weight is 395 g/mol. The summed E-state index contributed by atoms with van der Waals surface area (Å²) in [5.74, 6) is 0.870. The second-order valence-corrected chi connectivity index (χ2v) is 7.03. The first kappa shape index (κ1) is 19.0. The lowest BCUT2D eigenvalue weighted by Crippen LogP contribution is -2.27. The van der Waals surface area contributed by atoms with Crippen molar-refractivity contribution >= 4 is 5.91 Å². The Morgan fingerprint density at radius 3 is 2.52 bits per heavy atom. The number of aryl methyl sites for hydroxylation is 1. The predicted octanol–water partition coefficient (Wildman–Crippen LogP) is 3.89. The normalized spacial score (nSPS) is 13.8. The summed E-state index contributed by atoms with van der Waals surface area (Å²) in [4.78, 5) is 13.0. The molecule has 0 unspecified atom stereocenters. The number of hydrogen-bond acceptors (Lipinski definition) is 4. The van der Waals surface area contributed by atoms with Gasteiger partial charge in [-0.2, -0.15) is 5.10 Å². The predicted molar refractivity (Wildman–Crippen MR) is 106 cm³/mol. The Morgan fingerprint density at radius 1 is 1.10 bits per heavy atom. The second kappa shape index (κ2) is 7.58. The van der Waals surface area contributed by atoms with Crippen LogP contribution in [0.3, 0.4) is 0 Å². The Labute approximate surface area is 168 Å². The fraction of sp³-hybridized carbons (Fsp3) is 0.273. The third-order valence-corrected chi connectivity index (χ3v) is 5.00. The van der Waals surface area contributed by atoms with Crippen LogP contribution in [-0.4, -0.2) is 28.9 Å². The van der Waals surface area contributed by atoms with Gasteiger partial charge in [-0.15, -0.1) is 0 Å². The number of halogens is 1. The number of carbonyl (C=O) groups is 1. The van der Waals surface area contributed by atoms with Crippen molar-refractivity contribution in [3.63, 3.8) is 0 Å². The van der Waals surface area contributed by atoms with Crippen LogP contribution in [0.2, 0.25) is 0 Å². The van der Waals surface area contributed by atoms with Crippen molar-refractivity contribution in [1.29, 1.82) is 0 Å². The number of amides is 1. The molecule has 4 rings (SSSR count). The third kappa shape index (κ3) is 3.68. The monoisotopic (exact) mass is 395 g/mol. The van der Waals surface area contributed by atoms with Crippen LogP contribution < -0.4 is 14.8 Å². The zero-order valence-corrected chi connectivity index (χ0v) is 16.5. The van der Waals surface area contributed by atoms with E-state index in [0.717, 1.165) is 5.56 Å². The van der Waals surface area contributed by atoms with E-state index in [2.05, 4.69) is 10.4 Å². The summed E-state index contributed by atoms with van der Waals surface area (Å²) in [6.45, 7) is 6.58. The molecule has 0 spiro atoms. The van der Waals surface area contributed by atoms with Crippen LogP contribution in [0.25, 0.3) is 5.69 Å². The standard InChI is InChI=1S/C22H22FN3O3/c1-13(16-4-9-19-20(12-16)29-11-10-28-19)24-22(27)21-14(2)25-26(15(21)3)18-7-5-17(23)6-8-18/h4-9,12-13H,10-11H2,1-3H3,(H,24,27)/t13-/m1/s1. The first-order chi connectivity index (χ1) is 13.9. The minimum atomic E-state index is -0.318. The van der Waals surface area contributed by atoms with E-state index in [1.165, 1.54) is 12.1 Å². The number of benzene rings is 2. The highest BCUT2D eigenvalue weighted by Gasteiger charge is 2.22. The molecule has 1 aliphatic rings. The van der Waals surface area contributed by atoms with Crippen molar-refractivity contribution < 1.29 is 18.7 Å². The molecule has 0 saturated heterocycles. The molecule has 3 aromatic rings. The fourth-order valence-corrected chi connectivity index (χ4v) is 3.49. The number of ether oxygens (including phenoxy) is 2. The highest BCUT2D eigenvalue weighted by molar-refractivity contribution is 5.96. The number of nitrogens with one attached hydrogen (secondary N) is 1. The largest absolute Gasteiger partial charge is 0.486 e. The van der Waals surface area contributed by atoms with Gasteiger partial charge in [0.05, 0.1) is 28.7 Å². The van der Waals surface area contributed by atoms with Crippen LogP contribution in [0, 0.1) is 19.7 Å². The van der Waals surface area contributed by atoms with Crippen molar-refractivity contribution in [1.82, 2.24) is 15.1 Å². The molecule has 7 heteroatoms. The highest BCUT2D eigenvalue weighted by Crippen LogP contribution is 2.32. The Bertz CT molecular complexity index is 1060. The zero-order chi connectivity index (χ0) is 20.5. The summed E-state index contributed by atoms with van der Waals surface area (Å²) in [5, 5.41) is 7.49. The van der Waals surface area contributed by atoms with Gasteiger partial charge >= 0.3 is 0 Å². The van der Waals surface area contributed by atoms with Crippen LogP contribution in [0.4, 0.5) is 4.39 Å². The van der Waals surface area contributed by atoms with Gasteiger partial charge in [0, 0.05) is 0 Å². The maximum Gasteiger partial charge on any atom is 0.255 e. The first-order valence-electron chi connectivity index (χ1n) is 9.46. The number of nitrogens with zero attached hydrogens (tertiary/aromatic N) is 2. The van der Waals surface area contributed by atoms with Gasteiger partial charge < -0.3 is 14.8 Å². The molecule has 1 N–H and O–H groups in total. The Kier molecular flexibility index (Phi) is 4.96. The van der Waals surface area contributed by atoms with E-state index in [0.29, 0.717) is 47.4 Å². The van der Waals surface area contributed by atoms with Gasteiger partial charge in [0.1, 0.15) is 19.0 Å². The van der Waals surface area contributed by atoms with E-state index in [1.54, 1.807) is 23.7 Å². The molecule has 1 aliphatic heterocycles. The van der Waals surface area contributed by atoms with Gasteiger partial charge in [-0.05, 0) is 62.7 Å². The molecule has 6 nitrogen and oxygen atoms in total. The Morgan fingerprint density at radius 2 is 1.79 bits per heavy atom. The summed E-state index contributed by atoms with van der Waals surface area (Å²) in [5.41, 5.74) is 3.44. The van der Waals surface area contributed by atoms with Gasteiger partial charge in [-0.25, -0.2) is 9.07 Å². The SMILES string of the molecule is Cc1nn(-c2ccc(F)cc2)c(C)c1C(=O)N[C@H](C)c1ccc2c(c1)OCCO2. The topological polar surface area (TPSA) is 65.4 Å². The lowest BCUT2D eigenvalue weighted by Gasteiger charge is -2.21. The molecule has 1 aromatic heterocycles. The number of fused-ring (bicyclic) bond motifs is 1. The lowest BCUT2D eigenvalue weighted by molar-refractivity contribution is 0.0938. The summed E-state index contributed by atoms with van der Waals surface area (Å²) in [6.07, 6.45) is 0. The van der Waals surface area contributed by atoms with Crippen LogP contribution in [0.15, 0.2) is 42.5 Å². The third-order valence-electron chi connectivity index (χ3n) is 5.00. The van der Waals surface area contributed by atoms with E-state index in [1.807, 2.05) is 32.0 Å². The molecule has 0 saturated carbocycles. The van der Waals surface area contributed by atoms with Gasteiger partial charge in [-0.3, -0.25) is 4.79 Å². The number of carbonyl (C=O) groups excluding carboxylic acids is 1. The zero-order valence-electron chi connectivity index (χ0n) is 16.5. The maximum absolute atomic E-state index is 13.2.